The second-order valence-electron chi connectivity index (χ2n) is 5.61. The predicted molar refractivity (Wildman–Crippen MR) is 81.8 cm³/mol. The number of hydrogen-bond donors (Lipinski definition) is 1. The van der Waals surface area contributed by atoms with E-state index in [1.807, 2.05) is 12.1 Å². The Balaban J connectivity index is 1.83. The summed E-state index contributed by atoms with van der Waals surface area (Å²) in [5, 5.41) is 0. The minimum atomic E-state index is 0.473. The second kappa shape index (κ2) is 4.10. The molecule has 0 bridgehead atoms. The van der Waals surface area contributed by atoms with Gasteiger partial charge in [0.15, 0.2) is 0 Å². The monoisotopic (exact) mass is 263 g/mol. The molecule has 1 aliphatic rings. The Hall–Kier alpha value is -2.29. The predicted octanol–water partition coefficient (Wildman–Crippen LogP) is 3.27. The lowest BCUT2D eigenvalue weighted by atomic mass is 10.1. The summed E-state index contributed by atoms with van der Waals surface area (Å²) in [5.74, 6) is 1.07. The van der Waals surface area contributed by atoms with E-state index >= 15 is 0 Å². The largest absolute Gasteiger partial charge is 0.399 e. The molecular weight excluding hydrogens is 246 g/mol. The van der Waals surface area contributed by atoms with Crippen molar-refractivity contribution in [2.45, 2.75) is 25.8 Å². The van der Waals surface area contributed by atoms with Gasteiger partial charge in [-0.2, -0.15) is 0 Å². The molecule has 1 aliphatic carbocycles. The van der Waals surface area contributed by atoms with Crippen molar-refractivity contribution in [3.8, 4) is 0 Å². The van der Waals surface area contributed by atoms with Gasteiger partial charge in [0.05, 0.1) is 11.0 Å². The second-order valence-corrected chi connectivity index (χ2v) is 5.61. The lowest BCUT2D eigenvalue weighted by Gasteiger charge is -2.15. The molecular formula is C17H17N3. The van der Waals surface area contributed by atoms with Gasteiger partial charge in [-0.15, -0.1) is 0 Å². The van der Waals surface area contributed by atoms with Gasteiger partial charge in [-0.1, -0.05) is 24.3 Å². The van der Waals surface area contributed by atoms with Crippen LogP contribution in [0.4, 0.5) is 5.69 Å². The summed E-state index contributed by atoms with van der Waals surface area (Å²) in [4.78, 5) is 4.66. The molecule has 20 heavy (non-hydrogen) atoms. The fourth-order valence-electron chi connectivity index (χ4n) is 3.42. The number of nitrogens with two attached hydrogens (primary N) is 1. The average Bonchev–Trinajstić information content (AvgIpc) is 2.97. The van der Waals surface area contributed by atoms with Crippen LogP contribution in [0, 0.1) is 6.92 Å². The zero-order chi connectivity index (χ0) is 13.7. The highest BCUT2D eigenvalue weighted by Gasteiger charge is 2.25. The zero-order valence-corrected chi connectivity index (χ0v) is 11.5. The summed E-state index contributed by atoms with van der Waals surface area (Å²) >= 11 is 0. The van der Waals surface area contributed by atoms with E-state index in [-0.39, 0.29) is 0 Å². The molecule has 0 fully saturated rings. The maximum Gasteiger partial charge on any atom is 0.107 e. The smallest absolute Gasteiger partial charge is 0.107 e. The zero-order valence-electron chi connectivity index (χ0n) is 11.5. The molecule has 100 valence electrons. The molecule has 0 spiro atoms. The highest BCUT2D eigenvalue weighted by atomic mass is 15.1. The van der Waals surface area contributed by atoms with Gasteiger partial charge in [0.2, 0.25) is 0 Å². The SMILES string of the molecule is Cc1nc2cc(N)ccc2n1C1Cc2ccccc2C1. The minimum Gasteiger partial charge on any atom is -0.399 e. The highest BCUT2D eigenvalue weighted by molar-refractivity contribution is 5.79. The topological polar surface area (TPSA) is 43.8 Å². The van der Waals surface area contributed by atoms with Gasteiger partial charge < -0.3 is 10.3 Å². The Kier molecular flexibility index (Phi) is 2.36. The Morgan fingerprint density at radius 1 is 1.10 bits per heavy atom. The number of fused-ring (bicyclic) bond motifs is 2. The van der Waals surface area contributed by atoms with E-state index in [1.54, 1.807) is 0 Å². The number of nitrogen functional groups attached to an aromatic ring is 1. The molecule has 1 aromatic heterocycles. The van der Waals surface area contributed by atoms with Crippen molar-refractivity contribution in [2.24, 2.45) is 0 Å². The van der Waals surface area contributed by atoms with Gasteiger partial charge in [-0.3, -0.25) is 0 Å². The molecule has 2 N–H and O–H groups in total. The molecule has 4 rings (SSSR count). The van der Waals surface area contributed by atoms with Crippen molar-refractivity contribution in [3.63, 3.8) is 0 Å². The fraction of sp³-hybridized carbons (Fsp3) is 0.235. The van der Waals surface area contributed by atoms with E-state index in [0.717, 1.165) is 29.9 Å². The molecule has 0 atom stereocenters. The van der Waals surface area contributed by atoms with Crippen molar-refractivity contribution < 1.29 is 0 Å². The molecule has 3 heteroatoms. The van der Waals surface area contributed by atoms with Crippen LogP contribution in [0.15, 0.2) is 42.5 Å². The van der Waals surface area contributed by atoms with Crippen LogP contribution in [0.2, 0.25) is 0 Å². The summed E-state index contributed by atoms with van der Waals surface area (Å²) in [5.41, 5.74) is 11.8. The van der Waals surface area contributed by atoms with Crippen LogP contribution in [0.25, 0.3) is 11.0 Å². The van der Waals surface area contributed by atoms with Crippen molar-refractivity contribution in [1.29, 1.82) is 0 Å². The van der Waals surface area contributed by atoms with Crippen LogP contribution in [-0.4, -0.2) is 9.55 Å². The number of anilines is 1. The lowest BCUT2D eigenvalue weighted by molar-refractivity contribution is 0.530. The molecule has 3 nitrogen and oxygen atoms in total. The molecule has 2 aromatic carbocycles. The number of imidazole rings is 1. The standard InChI is InChI=1S/C17H17N3/c1-11-19-16-10-14(18)6-7-17(16)20(11)15-8-12-4-2-3-5-13(12)9-15/h2-7,10,15H,8-9,18H2,1H3. The molecule has 0 unspecified atom stereocenters. The summed E-state index contributed by atoms with van der Waals surface area (Å²) in [6, 6.07) is 15.2. The molecule has 3 aromatic rings. The first-order valence-electron chi connectivity index (χ1n) is 7.03. The summed E-state index contributed by atoms with van der Waals surface area (Å²) < 4.78 is 2.37. The molecule has 0 aliphatic heterocycles. The third-order valence-corrected chi connectivity index (χ3v) is 4.28. The fourth-order valence-corrected chi connectivity index (χ4v) is 3.42. The van der Waals surface area contributed by atoms with E-state index in [4.69, 9.17) is 5.73 Å². The third-order valence-electron chi connectivity index (χ3n) is 4.28. The van der Waals surface area contributed by atoms with Crippen LogP contribution in [-0.2, 0) is 12.8 Å². The Morgan fingerprint density at radius 2 is 1.80 bits per heavy atom. The van der Waals surface area contributed by atoms with Crippen molar-refractivity contribution in [1.82, 2.24) is 9.55 Å². The van der Waals surface area contributed by atoms with Gasteiger partial charge in [-0.25, -0.2) is 4.98 Å². The number of hydrogen-bond acceptors (Lipinski definition) is 2. The number of benzene rings is 2. The number of aromatic nitrogens is 2. The third kappa shape index (κ3) is 1.63. The Bertz CT molecular complexity index is 776. The van der Waals surface area contributed by atoms with Crippen LogP contribution < -0.4 is 5.73 Å². The summed E-state index contributed by atoms with van der Waals surface area (Å²) in [7, 11) is 0. The maximum atomic E-state index is 5.86. The van der Waals surface area contributed by atoms with Gasteiger partial charge in [0.1, 0.15) is 5.82 Å². The highest BCUT2D eigenvalue weighted by Crippen LogP contribution is 2.33. The van der Waals surface area contributed by atoms with Gasteiger partial charge in [0.25, 0.3) is 0 Å². The molecule has 0 saturated heterocycles. The van der Waals surface area contributed by atoms with Crippen LogP contribution >= 0.6 is 0 Å². The van der Waals surface area contributed by atoms with E-state index in [2.05, 4.69) is 46.8 Å². The lowest BCUT2D eigenvalue weighted by Crippen LogP contribution is -2.10. The molecule has 1 heterocycles. The molecule has 0 radical (unpaired) electrons. The number of nitrogens with zero attached hydrogens (tertiary/aromatic N) is 2. The van der Waals surface area contributed by atoms with E-state index in [0.29, 0.717) is 6.04 Å². The number of rotatable bonds is 1. The van der Waals surface area contributed by atoms with Crippen molar-refractivity contribution in [3.05, 3.63) is 59.4 Å². The average molecular weight is 263 g/mol. The van der Waals surface area contributed by atoms with Gasteiger partial charge in [-0.05, 0) is 49.1 Å². The van der Waals surface area contributed by atoms with Crippen LogP contribution in [0.5, 0.6) is 0 Å². The Morgan fingerprint density at radius 3 is 2.50 bits per heavy atom. The van der Waals surface area contributed by atoms with Gasteiger partial charge in [0, 0.05) is 11.7 Å². The minimum absolute atomic E-state index is 0.473. The Labute approximate surface area is 118 Å². The summed E-state index contributed by atoms with van der Waals surface area (Å²) in [6.07, 6.45) is 2.18. The first kappa shape index (κ1) is 11.5. The first-order chi connectivity index (χ1) is 9.72. The number of aryl methyl sites for hydroxylation is 1. The summed E-state index contributed by atoms with van der Waals surface area (Å²) in [6.45, 7) is 2.08. The van der Waals surface area contributed by atoms with Crippen LogP contribution in [0.3, 0.4) is 0 Å². The quantitative estimate of drug-likeness (QED) is 0.685. The van der Waals surface area contributed by atoms with Crippen LogP contribution in [0.1, 0.15) is 23.0 Å². The van der Waals surface area contributed by atoms with Crippen molar-refractivity contribution in [2.75, 3.05) is 5.73 Å². The molecule has 0 amide bonds. The normalized spacial score (nSPS) is 14.8. The van der Waals surface area contributed by atoms with E-state index < -0.39 is 0 Å². The van der Waals surface area contributed by atoms with Gasteiger partial charge >= 0.3 is 0 Å². The first-order valence-corrected chi connectivity index (χ1v) is 7.03. The van der Waals surface area contributed by atoms with E-state index in [1.165, 1.54) is 16.6 Å². The molecule has 0 saturated carbocycles. The maximum absolute atomic E-state index is 5.86. The van der Waals surface area contributed by atoms with E-state index in [9.17, 15) is 0 Å². The van der Waals surface area contributed by atoms with Crippen molar-refractivity contribution >= 4 is 16.7 Å².